The van der Waals surface area contributed by atoms with Crippen LogP contribution in [0.25, 0.3) is 0 Å². The summed E-state index contributed by atoms with van der Waals surface area (Å²) in [7, 11) is 0. The minimum Gasteiger partial charge on any atom is -0.444 e. The van der Waals surface area contributed by atoms with Crippen molar-refractivity contribution in [1.82, 2.24) is 9.80 Å². The molecule has 0 bridgehead atoms. The number of hydrogen-bond acceptors (Lipinski definition) is 6. The van der Waals surface area contributed by atoms with Gasteiger partial charge in [-0.2, -0.15) is 4.99 Å². The molecule has 7 nitrogen and oxygen atoms in total. The van der Waals surface area contributed by atoms with Crippen molar-refractivity contribution in [1.29, 1.82) is 0 Å². The summed E-state index contributed by atoms with van der Waals surface area (Å²) >= 11 is 1.51. The molecule has 4 aliphatic rings. The van der Waals surface area contributed by atoms with Gasteiger partial charge in [-0.3, -0.25) is 4.79 Å². The average molecular weight is 484 g/mol. The third-order valence-corrected chi connectivity index (χ3v) is 8.20. The van der Waals surface area contributed by atoms with E-state index in [9.17, 15) is 9.59 Å². The Morgan fingerprint density at radius 3 is 2.65 bits per heavy atom. The lowest BCUT2D eigenvalue weighted by atomic mass is 9.84. The van der Waals surface area contributed by atoms with Gasteiger partial charge in [0.05, 0.1) is 17.1 Å². The van der Waals surface area contributed by atoms with Gasteiger partial charge >= 0.3 is 6.09 Å². The predicted molar refractivity (Wildman–Crippen MR) is 132 cm³/mol. The van der Waals surface area contributed by atoms with Crippen LogP contribution in [-0.2, 0) is 26.5 Å². The first kappa shape index (κ1) is 23.4. The Hall–Kier alpha value is -2.32. The lowest BCUT2D eigenvalue weighted by molar-refractivity contribution is -0.113. The number of likely N-dealkylation sites (tertiary alicyclic amines) is 2. The van der Waals surface area contributed by atoms with E-state index in [0.717, 1.165) is 54.4 Å². The Balaban J connectivity index is 1.21. The van der Waals surface area contributed by atoms with Gasteiger partial charge < -0.3 is 19.3 Å². The lowest BCUT2D eigenvalue weighted by Gasteiger charge is -2.39. The molecule has 4 aliphatic heterocycles. The molecule has 182 valence electrons. The van der Waals surface area contributed by atoms with Crippen LogP contribution in [0.15, 0.2) is 39.7 Å². The lowest BCUT2D eigenvalue weighted by Crippen LogP contribution is -2.44. The van der Waals surface area contributed by atoms with Crippen LogP contribution in [0.1, 0.15) is 64.0 Å². The fraction of sp³-hybridized carbons (Fsp3) is 0.577. The molecule has 5 rings (SSSR count). The first-order chi connectivity index (χ1) is 16.2. The maximum atomic E-state index is 12.8. The number of ether oxygens (including phenoxy) is 2. The molecule has 0 atom stereocenters. The molecule has 1 aromatic carbocycles. The van der Waals surface area contributed by atoms with E-state index < -0.39 is 5.60 Å². The maximum Gasteiger partial charge on any atom is 0.410 e. The summed E-state index contributed by atoms with van der Waals surface area (Å²) in [5.74, 6) is -0.136. The number of carbonyl (C=O) groups excluding carboxylic acids is 2. The number of aliphatic imine (C=N–C) groups is 1. The molecule has 4 heterocycles. The van der Waals surface area contributed by atoms with Crippen molar-refractivity contribution in [3.05, 3.63) is 45.9 Å². The second-order valence-corrected chi connectivity index (χ2v) is 11.5. The van der Waals surface area contributed by atoms with Crippen LogP contribution in [-0.4, -0.2) is 58.7 Å². The van der Waals surface area contributed by atoms with Crippen LogP contribution in [0.2, 0.25) is 0 Å². The topological polar surface area (TPSA) is 71.4 Å². The number of benzene rings is 1. The van der Waals surface area contributed by atoms with Gasteiger partial charge in [-0.05, 0) is 81.3 Å². The van der Waals surface area contributed by atoms with Gasteiger partial charge in [0.1, 0.15) is 5.60 Å². The second-order valence-electron chi connectivity index (χ2n) is 10.5. The van der Waals surface area contributed by atoms with Crippen molar-refractivity contribution in [2.24, 2.45) is 4.99 Å². The summed E-state index contributed by atoms with van der Waals surface area (Å²) in [4.78, 5) is 34.5. The van der Waals surface area contributed by atoms with Crippen molar-refractivity contribution in [3.8, 4) is 0 Å². The van der Waals surface area contributed by atoms with Gasteiger partial charge in [-0.1, -0.05) is 24.3 Å². The Labute approximate surface area is 205 Å². The van der Waals surface area contributed by atoms with Crippen LogP contribution < -0.4 is 0 Å². The third-order valence-electron chi connectivity index (χ3n) is 7.00. The summed E-state index contributed by atoms with van der Waals surface area (Å²) in [6.45, 7) is 9.17. The predicted octanol–water partition coefficient (Wildman–Crippen LogP) is 4.81. The summed E-state index contributed by atoms with van der Waals surface area (Å²) in [5.41, 5.74) is 3.02. The van der Waals surface area contributed by atoms with Crippen LogP contribution in [0, 0.1) is 0 Å². The molecule has 2 saturated heterocycles. The van der Waals surface area contributed by atoms with Crippen molar-refractivity contribution in [3.63, 3.8) is 0 Å². The van der Waals surface area contributed by atoms with E-state index in [4.69, 9.17) is 9.47 Å². The Morgan fingerprint density at radius 2 is 1.88 bits per heavy atom. The highest BCUT2D eigenvalue weighted by molar-refractivity contribution is 8.18. The molecule has 2 fully saturated rings. The monoisotopic (exact) mass is 483 g/mol. The van der Waals surface area contributed by atoms with E-state index in [1.165, 1.54) is 22.9 Å². The second kappa shape index (κ2) is 9.04. The molecule has 0 aliphatic carbocycles. The van der Waals surface area contributed by atoms with Gasteiger partial charge in [-0.15, -0.1) is 0 Å². The number of carbonyl (C=O) groups is 2. The number of thioether (sulfide) groups is 1. The molecule has 0 saturated carbocycles. The SMILES string of the molecule is CC(C)(C)OC(=O)N1CCC/C(=C2\SC(N3CCC4(CC3)OCc3ccccc34)=NC2=O)CC1. The highest BCUT2D eigenvalue weighted by atomic mass is 32.2. The van der Waals surface area contributed by atoms with Crippen LogP contribution >= 0.6 is 11.8 Å². The van der Waals surface area contributed by atoms with E-state index in [-0.39, 0.29) is 17.6 Å². The number of piperidine rings is 1. The van der Waals surface area contributed by atoms with Gasteiger partial charge in [0.25, 0.3) is 5.91 Å². The Bertz CT molecular complexity index is 1050. The zero-order valence-corrected chi connectivity index (χ0v) is 21.1. The fourth-order valence-electron chi connectivity index (χ4n) is 5.24. The third kappa shape index (κ3) is 4.62. The van der Waals surface area contributed by atoms with Crippen molar-refractivity contribution in [2.45, 2.75) is 70.7 Å². The van der Waals surface area contributed by atoms with Crippen molar-refractivity contribution >= 4 is 28.9 Å². The van der Waals surface area contributed by atoms with Gasteiger partial charge in [0, 0.05) is 26.2 Å². The Kier molecular flexibility index (Phi) is 6.23. The molecule has 0 aromatic heterocycles. The molecular formula is C26H33N3O4S. The molecule has 0 N–H and O–H groups in total. The number of rotatable bonds is 0. The average Bonchev–Trinajstić information content (AvgIpc) is 3.24. The minimum atomic E-state index is -0.511. The van der Waals surface area contributed by atoms with Crippen LogP contribution in [0.4, 0.5) is 4.79 Å². The molecule has 0 radical (unpaired) electrons. The number of nitrogens with zero attached hydrogens (tertiary/aromatic N) is 3. The number of amidine groups is 1. The smallest absolute Gasteiger partial charge is 0.410 e. The van der Waals surface area contributed by atoms with Crippen molar-refractivity contribution in [2.75, 3.05) is 26.2 Å². The normalized spacial score (nSPS) is 24.8. The van der Waals surface area contributed by atoms with Gasteiger partial charge in [-0.25, -0.2) is 4.79 Å². The molecule has 2 amide bonds. The van der Waals surface area contributed by atoms with Gasteiger partial charge in [0.2, 0.25) is 0 Å². The first-order valence-corrected chi connectivity index (χ1v) is 13.0. The maximum absolute atomic E-state index is 12.8. The molecular weight excluding hydrogens is 450 g/mol. The quantitative estimate of drug-likeness (QED) is 0.493. The van der Waals surface area contributed by atoms with Crippen molar-refractivity contribution < 1.29 is 19.1 Å². The fourth-order valence-corrected chi connectivity index (χ4v) is 6.34. The summed E-state index contributed by atoms with van der Waals surface area (Å²) in [5, 5.41) is 0.807. The number of amides is 2. The van der Waals surface area contributed by atoms with Crippen LogP contribution in [0.3, 0.4) is 0 Å². The zero-order chi connectivity index (χ0) is 23.9. The minimum absolute atomic E-state index is 0.136. The standard InChI is InChI=1S/C26H33N3O4S/c1-25(2,3)33-24(31)29-13-6-8-18(10-14-29)21-22(30)27-23(34-21)28-15-11-26(12-16-28)20-9-5-4-7-19(20)17-32-26/h4-5,7,9H,6,8,10-17H2,1-3H3/b21-18+. The highest BCUT2D eigenvalue weighted by Crippen LogP contribution is 2.45. The molecule has 1 spiro atoms. The van der Waals surface area contributed by atoms with E-state index in [1.807, 2.05) is 20.8 Å². The van der Waals surface area contributed by atoms with Crippen LogP contribution in [0.5, 0.6) is 0 Å². The first-order valence-electron chi connectivity index (χ1n) is 12.2. The van der Waals surface area contributed by atoms with E-state index in [1.54, 1.807) is 4.90 Å². The van der Waals surface area contributed by atoms with E-state index in [0.29, 0.717) is 26.1 Å². The highest BCUT2D eigenvalue weighted by Gasteiger charge is 2.43. The number of hydrogen-bond donors (Lipinski definition) is 0. The Morgan fingerprint density at radius 1 is 1.12 bits per heavy atom. The van der Waals surface area contributed by atoms with Gasteiger partial charge in [0.15, 0.2) is 5.17 Å². The summed E-state index contributed by atoms with van der Waals surface area (Å²) in [6, 6.07) is 8.51. The van der Waals surface area contributed by atoms with E-state index in [2.05, 4.69) is 34.2 Å². The zero-order valence-electron chi connectivity index (χ0n) is 20.3. The summed E-state index contributed by atoms with van der Waals surface area (Å²) < 4.78 is 11.8. The van der Waals surface area contributed by atoms with E-state index >= 15 is 0 Å². The molecule has 8 heteroatoms. The number of fused-ring (bicyclic) bond motifs is 2. The molecule has 1 aromatic rings. The largest absolute Gasteiger partial charge is 0.444 e. The molecule has 0 unspecified atom stereocenters. The molecule has 34 heavy (non-hydrogen) atoms. The summed E-state index contributed by atoms with van der Waals surface area (Å²) in [6.07, 6.45) is 3.83.